The number of carbonyl (C=O) groups is 2. The minimum atomic E-state index is -0.713. The molecule has 0 atom stereocenters. The molecule has 10 heteroatoms. The van der Waals surface area contributed by atoms with Crippen LogP contribution in [0.3, 0.4) is 0 Å². The van der Waals surface area contributed by atoms with Gasteiger partial charge in [0.25, 0.3) is 11.5 Å². The van der Waals surface area contributed by atoms with Crippen molar-refractivity contribution in [3.63, 3.8) is 0 Å². The average molecular weight is 553 g/mol. The Morgan fingerprint density at radius 3 is 2.32 bits per heavy atom. The van der Waals surface area contributed by atoms with E-state index in [1.54, 1.807) is 42.0 Å². The maximum absolute atomic E-state index is 13.6. The minimum absolute atomic E-state index is 0.0228. The molecular formula is C31H28N4O6. The highest BCUT2D eigenvalue weighted by molar-refractivity contribution is 5.97. The molecule has 0 bridgehead atoms. The second-order valence-corrected chi connectivity index (χ2v) is 9.09. The summed E-state index contributed by atoms with van der Waals surface area (Å²) in [6.45, 7) is 2.05. The predicted molar refractivity (Wildman–Crippen MR) is 152 cm³/mol. The van der Waals surface area contributed by atoms with Crippen molar-refractivity contribution in [3.8, 4) is 11.5 Å². The fourth-order valence-corrected chi connectivity index (χ4v) is 4.55. The molecule has 3 aromatic heterocycles. The van der Waals surface area contributed by atoms with Gasteiger partial charge < -0.3 is 18.8 Å². The largest absolute Gasteiger partial charge is 0.497 e. The van der Waals surface area contributed by atoms with Crippen molar-refractivity contribution in [2.24, 2.45) is 4.99 Å². The second kappa shape index (κ2) is 11.9. The molecule has 0 aliphatic heterocycles. The van der Waals surface area contributed by atoms with Crippen LogP contribution in [-0.4, -0.2) is 46.7 Å². The number of amides is 1. The van der Waals surface area contributed by atoms with E-state index < -0.39 is 11.9 Å². The van der Waals surface area contributed by atoms with Gasteiger partial charge in [0.1, 0.15) is 28.4 Å². The topological polar surface area (TPSA) is 113 Å². The molecule has 0 unspecified atom stereocenters. The van der Waals surface area contributed by atoms with Gasteiger partial charge in [-0.2, -0.15) is 4.99 Å². The summed E-state index contributed by atoms with van der Waals surface area (Å²) in [5, 5.41) is 0.194. The lowest BCUT2D eigenvalue weighted by Gasteiger charge is -2.15. The average Bonchev–Trinajstić information content (AvgIpc) is 3.00. The van der Waals surface area contributed by atoms with Gasteiger partial charge >= 0.3 is 5.97 Å². The van der Waals surface area contributed by atoms with E-state index in [2.05, 4.69) is 4.99 Å². The molecule has 0 saturated carbocycles. The summed E-state index contributed by atoms with van der Waals surface area (Å²) in [4.78, 5) is 49.6. The highest BCUT2D eigenvalue weighted by atomic mass is 16.5. The molecule has 0 N–H and O–H groups in total. The zero-order valence-corrected chi connectivity index (χ0v) is 22.9. The summed E-state index contributed by atoms with van der Waals surface area (Å²) >= 11 is 0. The van der Waals surface area contributed by atoms with Gasteiger partial charge in [-0.25, -0.2) is 9.78 Å². The van der Waals surface area contributed by atoms with Crippen molar-refractivity contribution >= 4 is 28.6 Å². The van der Waals surface area contributed by atoms with Gasteiger partial charge in [-0.05, 0) is 49.2 Å². The molecule has 2 aromatic carbocycles. The zero-order valence-electron chi connectivity index (χ0n) is 22.9. The Bertz CT molecular complexity index is 1870. The molecule has 0 spiro atoms. The number of pyridine rings is 2. The van der Waals surface area contributed by atoms with E-state index >= 15 is 0 Å². The van der Waals surface area contributed by atoms with E-state index in [9.17, 15) is 14.4 Å². The number of rotatable bonds is 8. The Morgan fingerprint density at radius 2 is 1.63 bits per heavy atom. The first-order valence-electron chi connectivity index (χ1n) is 13.0. The molecule has 1 amide bonds. The van der Waals surface area contributed by atoms with E-state index in [0.29, 0.717) is 29.2 Å². The van der Waals surface area contributed by atoms with Gasteiger partial charge in [-0.1, -0.05) is 36.4 Å². The van der Waals surface area contributed by atoms with Gasteiger partial charge in [0.15, 0.2) is 5.49 Å². The molecule has 41 heavy (non-hydrogen) atoms. The highest BCUT2D eigenvalue weighted by Crippen LogP contribution is 2.23. The van der Waals surface area contributed by atoms with E-state index in [-0.39, 0.29) is 40.7 Å². The second-order valence-electron chi connectivity index (χ2n) is 9.09. The number of aryl methyl sites for hydroxylation is 2. The number of hydrogen-bond donors (Lipinski definition) is 0. The van der Waals surface area contributed by atoms with E-state index in [1.165, 1.54) is 36.8 Å². The van der Waals surface area contributed by atoms with Crippen LogP contribution in [0.15, 0.2) is 88.8 Å². The Kier molecular flexibility index (Phi) is 7.91. The van der Waals surface area contributed by atoms with Crippen molar-refractivity contribution in [1.82, 2.24) is 14.0 Å². The van der Waals surface area contributed by atoms with Crippen LogP contribution >= 0.6 is 0 Å². The molecular weight excluding hydrogens is 524 g/mol. The Labute approximate surface area is 235 Å². The van der Waals surface area contributed by atoms with Crippen LogP contribution in [0.4, 0.5) is 0 Å². The number of ether oxygens (including phenoxy) is 3. The molecule has 5 aromatic rings. The first kappa shape index (κ1) is 27.3. The van der Waals surface area contributed by atoms with Crippen molar-refractivity contribution in [1.29, 1.82) is 0 Å². The van der Waals surface area contributed by atoms with Crippen molar-refractivity contribution in [3.05, 3.63) is 112 Å². The summed E-state index contributed by atoms with van der Waals surface area (Å²) in [5.74, 6) is -0.538. The number of fused-ring (bicyclic) bond motifs is 2. The maximum Gasteiger partial charge on any atom is 0.341 e. The van der Waals surface area contributed by atoms with Crippen molar-refractivity contribution in [2.45, 2.75) is 19.9 Å². The number of nitrogens with zero attached hydrogens (tertiary/aromatic N) is 4. The normalized spacial score (nSPS) is 11.5. The van der Waals surface area contributed by atoms with Gasteiger partial charge in [0.2, 0.25) is 0 Å². The third kappa shape index (κ3) is 5.58. The highest BCUT2D eigenvalue weighted by Gasteiger charge is 2.21. The van der Waals surface area contributed by atoms with Crippen LogP contribution in [0.1, 0.15) is 33.2 Å². The Morgan fingerprint density at radius 1 is 0.927 bits per heavy atom. The van der Waals surface area contributed by atoms with Gasteiger partial charge in [0.05, 0.1) is 26.2 Å². The van der Waals surface area contributed by atoms with Crippen LogP contribution < -0.4 is 20.5 Å². The fourth-order valence-electron chi connectivity index (χ4n) is 4.55. The van der Waals surface area contributed by atoms with Gasteiger partial charge in [-0.15, -0.1) is 0 Å². The van der Waals surface area contributed by atoms with Crippen LogP contribution in [-0.2, 0) is 17.7 Å². The SMILES string of the molecule is CCOC(=O)c1cc2c(=O)n3ccccc3nc2n(CCc2ccccc2)c1=NC(=O)c1cc(OC)cc(OC)c1. The van der Waals surface area contributed by atoms with Crippen molar-refractivity contribution < 1.29 is 23.8 Å². The minimum Gasteiger partial charge on any atom is -0.497 e. The maximum atomic E-state index is 13.6. The summed E-state index contributed by atoms with van der Waals surface area (Å²) < 4.78 is 19.0. The molecule has 0 saturated heterocycles. The quantitative estimate of drug-likeness (QED) is 0.212. The Hall–Kier alpha value is -5.25. The summed E-state index contributed by atoms with van der Waals surface area (Å²) in [5.41, 5.74) is 1.56. The standard InChI is InChI=1S/C31H28N4O6/c1-4-41-31(38)25-19-24-27(32-26-12-8-9-14-34(26)30(24)37)35(15-13-20-10-6-5-7-11-20)28(25)33-29(36)21-16-22(39-2)18-23(17-21)40-3/h5-12,14,16-19H,4,13,15H2,1-3H3. The number of methoxy groups -OCH3 is 2. The summed E-state index contributed by atoms with van der Waals surface area (Å²) in [6.07, 6.45) is 2.13. The number of carbonyl (C=O) groups excluding carboxylic acids is 2. The van der Waals surface area contributed by atoms with Gasteiger partial charge in [-0.3, -0.25) is 14.0 Å². The van der Waals surface area contributed by atoms with E-state index in [4.69, 9.17) is 19.2 Å². The molecule has 0 aliphatic carbocycles. The first-order valence-corrected chi connectivity index (χ1v) is 13.0. The lowest BCUT2D eigenvalue weighted by molar-refractivity contribution is 0.0523. The third-order valence-corrected chi connectivity index (χ3v) is 6.56. The van der Waals surface area contributed by atoms with E-state index in [1.807, 2.05) is 30.3 Å². The van der Waals surface area contributed by atoms with Crippen LogP contribution in [0, 0.1) is 0 Å². The molecule has 0 aliphatic rings. The molecule has 10 nitrogen and oxygen atoms in total. The van der Waals surface area contributed by atoms with Gasteiger partial charge in [0, 0.05) is 24.4 Å². The first-order chi connectivity index (χ1) is 19.9. The van der Waals surface area contributed by atoms with Crippen molar-refractivity contribution in [2.75, 3.05) is 20.8 Å². The fraction of sp³-hybridized carbons (Fsp3) is 0.194. The Balaban J connectivity index is 1.83. The lowest BCUT2D eigenvalue weighted by atomic mass is 10.1. The van der Waals surface area contributed by atoms with Crippen LogP contribution in [0.5, 0.6) is 11.5 Å². The smallest absolute Gasteiger partial charge is 0.341 e. The molecule has 0 fully saturated rings. The molecule has 208 valence electrons. The summed E-state index contributed by atoms with van der Waals surface area (Å²) in [6, 6.07) is 21.0. The summed E-state index contributed by atoms with van der Waals surface area (Å²) in [7, 11) is 2.96. The lowest BCUT2D eigenvalue weighted by Crippen LogP contribution is -2.33. The zero-order chi connectivity index (χ0) is 28.9. The molecule has 3 heterocycles. The number of aromatic nitrogens is 3. The number of benzene rings is 2. The molecule has 0 radical (unpaired) electrons. The molecule has 5 rings (SSSR count). The van der Waals surface area contributed by atoms with E-state index in [0.717, 1.165) is 5.56 Å². The van der Waals surface area contributed by atoms with Crippen LogP contribution in [0.25, 0.3) is 16.7 Å². The number of hydrogen-bond acceptors (Lipinski definition) is 7. The monoisotopic (exact) mass is 552 g/mol. The third-order valence-electron chi connectivity index (χ3n) is 6.56. The number of esters is 1. The predicted octanol–water partition coefficient (Wildman–Crippen LogP) is 3.83. The van der Waals surface area contributed by atoms with Crippen LogP contribution in [0.2, 0.25) is 0 Å².